The first-order valence-electron chi connectivity index (χ1n) is 7.60. The summed E-state index contributed by atoms with van der Waals surface area (Å²) in [5, 5.41) is 0.478. The number of thioether (sulfide) groups is 1. The van der Waals surface area contributed by atoms with Gasteiger partial charge in [-0.05, 0) is 24.3 Å². The molecule has 0 saturated heterocycles. The predicted octanol–water partition coefficient (Wildman–Crippen LogP) is 2.96. The predicted molar refractivity (Wildman–Crippen MR) is 94.3 cm³/mol. The van der Waals surface area contributed by atoms with Gasteiger partial charge in [-0.3, -0.25) is 4.40 Å². The van der Waals surface area contributed by atoms with E-state index in [1.165, 1.54) is 11.8 Å². The van der Waals surface area contributed by atoms with Crippen LogP contribution in [0.5, 0.6) is 0 Å². The topological polar surface area (TPSA) is 90.4 Å². The van der Waals surface area contributed by atoms with Crippen LogP contribution in [0.25, 0.3) is 16.9 Å². The van der Waals surface area contributed by atoms with Gasteiger partial charge >= 0.3 is 0 Å². The summed E-state index contributed by atoms with van der Waals surface area (Å²) in [6.45, 7) is 1.62. The van der Waals surface area contributed by atoms with Crippen molar-refractivity contribution in [3.63, 3.8) is 0 Å². The molecule has 1 aromatic carbocycles. The van der Waals surface area contributed by atoms with Crippen LogP contribution in [0, 0.1) is 0 Å². The normalized spacial score (nSPS) is 12.2. The quantitative estimate of drug-likeness (QED) is 0.496. The summed E-state index contributed by atoms with van der Waals surface area (Å²) in [6, 6.07) is 6.59. The molecule has 9 heteroatoms. The summed E-state index contributed by atoms with van der Waals surface area (Å²) < 4.78 is 31.5. The number of hydrogen-bond acceptors (Lipinski definition) is 7. The molecule has 0 bridgehead atoms. The maximum absolute atomic E-state index is 12.0. The van der Waals surface area contributed by atoms with E-state index in [9.17, 15) is 8.42 Å². The van der Waals surface area contributed by atoms with Crippen LogP contribution in [0.2, 0.25) is 0 Å². The molecule has 0 saturated carbocycles. The highest BCUT2D eigenvalue weighted by Gasteiger charge is 2.15. The average molecular weight is 374 g/mol. The van der Waals surface area contributed by atoms with Gasteiger partial charge in [0, 0.05) is 24.3 Å². The minimum atomic E-state index is -3.26. The molecule has 0 spiro atoms. The van der Waals surface area contributed by atoms with E-state index >= 15 is 0 Å². The molecule has 0 N–H and O–H groups in total. The molecule has 4 rings (SSSR count). The van der Waals surface area contributed by atoms with E-state index in [1.807, 2.05) is 22.9 Å². The number of benzene rings is 1. The van der Waals surface area contributed by atoms with Gasteiger partial charge in [0.15, 0.2) is 15.4 Å². The van der Waals surface area contributed by atoms with Crippen molar-refractivity contribution in [1.29, 1.82) is 0 Å². The molecule has 0 fully saturated rings. The Morgan fingerprint density at radius 1 is 1.28 bits per heavy atom. The van der Waals surface area contributed by atoms with Crippen LogP contribution in [0.3, 0.4) is 0 Å². The Bertz CT molecular complexity index is 1130. The van der Waals surface area contributed by atoms with Gasteiger partial charge in [0.05, 0.1) is 16.3 Å². The fourth-order valence-electron chi connectivity index (χ4n) is 2.39. The van der Waals surface area contributed by atoms with E-state index in [2.05, 4.69) is 15.0 Å². The molecule has 0 aliphatic carbocycles. The molecule has 0 aliphatic rings. The minimum Gasteiger partial charge on any atom is -0.431 e. The Morgan fingerprint density at radius 3 is 2.96 bits per heavy atom. The van der Waals surface area contributed by atoms with Crippen LogP contribution in [0.4, 0.5) is 0 Å². The molecular weight excluding hydrogens is 360 g/mol. The lowest BCUT2D eigenvalue weighted by molar-refractivity contribution is 0.489. The maximum Gasteiger partial charge on any atom is 0.257 e. The van der Waals surface area contributed by atoms with Crippen LogP contribution in [0.15, 0.2) is 57.4 Å². The molecule has 3 aromatic heterocycles. The molecule has 0 aliphatic heterocycles. The highest BCUT2D eigenvalue weighted by molar-refractivity contribution is 7.98. The molecule has 128 valence electrons. The summed E-state index contributed by atoms with van der Waals surface area (Å²) >= 11 is 1.40. The number of aromatic nitrogens is 4. The van der Waals surface area contributed by atoms with Gasteiger partial charge in [-0.2, -0.15) is 0 Å². The second-order valence-corrected chi connectivity index (χ2v) is 8.57. The van der Waals surface area contributed by atoms with Gasteiger partial charge in [0.25, 0.3) is 5.22 Å². The second-order valence-electron chi connectivity index (χ2n) is 5.36. The standard InChI is InChI=1S/C16H14N4O3S2/c1-2-25(21,22)12-4-5-14-13(8-12)19-16(23-14)24-10-11-9-20-7-3-6-17-15(20)18-11/h3-9H,2,10H2,1H3. The average Bonchev–Trinajstić information content (AvgIpc) is 3.22. The fourth-order valence-corrected chi connectivity index (χ4v) is 4.01. The summed E-state index contributed by atoms with van der Waals surface area (Å²) in [5.74, 6) is 1.28. The molecule has 0 unspecified atom stereocenters. The Balaban J connectivity index is 1.57. The lowest BCUT2D eigenvalue weighted by Gasteiger charge is -1.99. The van der Waals surface area contributed by atoms with Crippen LogP contribution >= 0.6 is 11.8 Å². The van der Waals surface area contributed by atoms with Gasteiger partial charge in [-0.1, -0.05) is 18.7 Å². The Morgan fingerprint density at radius 2 is 2.16 bits per heavy atom. The number of imidazole rings is 1. The zero-order valence-corrected chi connectivity index (χ0v) is 14.9. The fraction of sp³-hybridized carbons (Fsp3) is 0.188. The van der Waals surface area contributed by atoms with Crippen LogP contribution in [0.1, 0.15) is 12.6 Å². The maximum atomic E-state index is 12.0. The van der Waals surface area contributed by atoms with E-state index in [-0.39, 0.29) is 10.6 Å². The molecule has 4 aromatic rings. The van der Waals surface area contributed by atoms with Crippen molar-refractivity contribution in [2.45, 2.75) is 22.8 Å². The lowest BCUT2D eigenvalue weighted by Crippen LogP contribution is -2.03. The van der Waals surface area contributed by atoms with E-state index < -0.39 is 9.84 Å². The highest BCUT2D eigenvalue weighted by atomic mass is 32.2. The summed E-state index contributed by atoms with van der Waals surface area (Å²) in [7, 11) is -3.26. The molecule has 0 amide bonds. The van der Waals surface area contributed by atoms with Crippen molar-refractivity contribution in [2.75, 3.05) is 5.75 Å². The monoisotopic (exact) mass is 374 g/mol. The van der Waals surface area contributed by atoms with Crippen molar-refractivity contribution in [2.24, 2.45) is 0 Å². The number of sulfone groups is 1. The molecule has 7 nitrogen and oxygen atoms in total. The number of hydrogen-bond donors (Lipinski definition) is 0. The summed E-state index contributed by atoms with van der Waals surface area (Å²) in [6.07, 6.45) is 5.49. The SMILES string of the molecule is CCS(=O)(=O)c1ccc2oc(SCc3cn4cccnc4n3)nc2c1. The van der Waals surface area contributed by atoms with Crippen molar-refractivity contribution >= 4 is 38.5 Å². The minimum absolute atomic E-state index is 0.0554. The Kier molecular flexibility index (Phi) is 3.97. The smallest absolute Gasteiger partial charge is 0.257 e. The largest absolute Gasteiger partial charge is 0.431 e. The molecule has 0 radical (unpaired) electrons. The van der Waals surface area contributed by atoms with Crippen molar-refractivity contribution in [3.05, 3.63) is 48.5 Å². The molecule has 0 atom stereocenters. The first kappa shape index (κ1) is 16.1. The van der Waals surface area contributed by atoms with Crippen molar-refractivity contribution < 1.29 is 12.8 Å². The summed E-state index contributed by atoms with van der Waals surface area (Å²) in [4.78, 5) is 13.2. The van der Waals surface area contributed by atoms with Crippen LogP contribution < -0.4 is 0 Å². The van der Waals surface area contributed by atoms with E-state index in [0.29, 0.717) is 27.9 Å². The van der Waals surface area contributed by atoms with Crippen molar-refractivity contribution in [1.82, 2.24) is 19.4 Å². The second kappa shape index (κ2) is 6.16. The lowest BCUT2D eigenvalue weighted by atomic mass is 10.3. The third-order valence-electron chi connectivity index (χ3n) is 3.71. The van der Waals surface area contributed by atoms with Gasteiger partial charge in [-0.25, -0.2) is 23.4 Å². The summed E-state index contributed by atoms with van der Waals surface area (Å²) in [5.41, 5.74) is 1.96. The third kappa shape index (κ3) is 3.12. The third-order valence-corrected chi connectivity index (χ3v) is 6.30. The van der Waals surface area contributed by atoms with E-state index in [1.54, 1.807) is 31.3 Å². The van der Waals surface area contributed by atoms with Crippen LogP contribution in [-0.4, -0.2) is 33.5 Å². The Hall–Kier alpha value is -2.39. The number of nitrogens with zero attached hydrogens (tertiary/aromatic N) is 4. The molecule has 25 heavy (non-hydrogen) atoms. The molecule has 3 heterocycles. The van der Waals surface area contributed by atoms with E-state index in [0.717, 1.165) is 5.69 Å². The number of oxazole rings is 1. The highest BCUT2D eigenvalue weighted by Crippen LogP contribution is 2.27. The van der Waals surface area contributed by atoms with Crippen molar-refractivity contribution in [3.8, 4) is 0 Å². The zero-order chi connectivity index (χ0) is 17.4. The van der Waals surface area contributed by atoms with Gasteiger partial charge in [-0.15, -0.1) is 0 Å². The first-order chi connectivity index (χ1) is 12.0. The zero-order valence-electron chi connectivity index (χ0n) is 13.3. The Labute approximate surface area is 148 Å². The number of rotatable bonds is 5. The first-order valence-corrected chi connectivity index (χ1v) is 10.2. The van der Waals surface area contributed by atoms with Crippen LogP contribution in [-0.2, 0) is 15.6 Å². The van der Waals surface area contributed by atoms with Gasteiger partial charge in [0.1, 0.15) is 5.52 Å². The number of fused-ring (bicyclic) bond motifs is 2. The van der Waals surface area contributed by atoms with Gasteiger partial charge in [0.2, 0.25) is 5.78 Å². The van der Waals surface area contributed by atoms with E-state index in [4.69, 9.17) is 4.42 Å². The van der Waals surface area contributed by atoms with Gasteiger partial charge < -0.3 is 4.42 Å². The molecular formula is C16H14N4O3S2.